The summed E-state index contributed by atoms with van der Waals surface area (Å²) in [6.45, 7) is -4.67. The Kier molecular flexibility index (Phi) is 1.79. The Balaban J connectivity index is 2.46. The molecule has 5 heteroatoms. The van der Waals surface area contributed by atoms with Crippen molar-refractivity contribution in [2.75, 3.05) is 11.5 Å². The van der Waals surface area contributed by atoms with E-state index in [2.05, 4.69) is 0 Å². The first kappa shape index (κ1) is 7.06. The first-order valence-corrected chi connectivity index (χ1v) is 3.72. The molecule has 0 radical (unpaired) electrons. The van der Waals surface area contributed by atoms with E-state index < -0.39 is 6.98 Å². The second-order valence-corrected chi connectivity index (χ2v) is 2.93. The molecule has 0 aromatic rings. The summed E-state index contributed by atoms with van der Waals surface area (Å²) in [5.74, 6) is 1.60. The van der Waals surface area contributed by atoms with Crippen molar-refractivity contribution in [3.63, 3.8) is 0 Å². The van der Waals surface area contributed by atoms with Gasteiger partial charge in [0.1, 0.15) is 0 Å². The molecule has 0 amide bonds. The standard InChI is InChI=1S/C4H5BF3S/c6-5(7,8)1-4-2-9-3-4/h1H,2-3H2/q-1. The van der Waals surface area contributed by atoms with Crippen LogP contribution in [0.5, 0.6) is 0 Å². The third-order valence-corrected chi connectivity index (χ3v) is 2.15. The molecule has 0 aliphatic carbocycles. The van der Waals surface area contributed by atoms with Crippen LogP contribution in [0.1, 0.15) is 0 Å². The third kappa shape index (κ3) is 2.34. The van der Waals surface area contributed by atoms with Crippen LogP contribution in [0, 0.1) is 0 Å². The predicted molar refractivity (Wildman–Crippen MR) is 34.5 cm³/mol. The molecule has 1 fully saturated rings. The topological polar surface area (TPSA) is 0 Å². The highest BCUT2D eigenvalue weighted by atomic mass is 32.2. The summed E-state index contributed by atoms with van der Waals surface area (Å²) in [6, 6.07) is 0. The van der Waals surface area contributed by atoms with Gasteiger partial charge in [-0.25, -0.2) is 0 Å². The first-order valence-electron chi connectivity index (χ1n) is 2.56. The third-order valence-electron chi connectivity index (χ3n) is 1.000. The van der Waals surface area contributed by atoms with Gasteiger partial charge in [-0.1, -0.05) is 5.57 Å². The maximum absolute atomic E-state index is 11.5. The fourth-order valence-electron chi connectivity index (χ4n) is 0.583. The minimum Gasteiger partial charge on any atom is -0.445 e. The lowest BCUT2D eigenvalue weighted by atomic mass is 9.89. The number of rotatable bonds is 1. The number of hydrogen-bond donors (Lipinski definition) is 0. The summed E-state index contributed by atoms with van der Waals surface area (Å²) in [4.78, 5) is 0. The molecule has 1 aliphatic heterocycles. The lowest BCUT2D eigenvalue weighted by Crippen LogP contribution is -2.16. The molecule has 0 spiro atoms. The monoisotopic (exact) mass is 153 g/mol. The van der Waals surface area contributed by atoms with Gasteiger partial charge in [-0.05, 0) is 0 Å². The van der Waals surface area contributed by atoms with Crippen molar-refractivity contribution in [1.82, 2.24) is 0 Å². The van der Waals surface area contributed by atoms with Crippen LogP contribution in [0.25, 0.3) is 0 Å². The smallest absolute Gasteiger partial charge is 0.445 e. The Hall–Kier alpha value is -0.0551. The largest absolute Gasteiger partial charge is 0.502 e. The van der Waals surface area contributed by atoms with E-state index in [1.54, 1.807) is 0 Å². The fourth-order valence-corrected chi connectivity index (χ4v) is 1.22. The Bertz CT molecular complexity index is 133. The van der Waals surface area contributed by atoms with E-state index in [0.29, 0.717) is 23.1 Å². The second-order valence-electron chi connectivity index (χ2n) is 1.94. The Morgan fingerprint density at radius 2 is 1.89 bits per heavy atom. The Labute approximate surface area is 55.6 Å². The summed E-state index contributed by atoms with van der Waals surface area (Å²) < 4.78 is 34.5. The van der Waals surface area contributed by atoms with Gasteiger partial charge in [-0.2, -0.15) is 11.8 Å². The van der Waals surface area contributed by atoms with E-state index in [0.717, 1.165) is 0 Å². The summed E-state index contributed by atoms with van der Waals surface area (Å²) in [5.41, 5.74) is 0.535. The van der Waals surface area contributed by atoms with Gasteiger partial charge in [-0.15, -0.1) is 5.98 Å². The van der Waals surface area contributed by atoms with Crippen LogP contribution in [0.4, 0.5) is 12.9 Å². The number of hydrogen-bond acceptors (Lipinski definition) is 1. The summed E-state index contributed by atoms with van der Waals surface area (Å²) in [6.07, 6.45) is 0. The van der Waals surface area contributed by atoms with E-state index in [9.17, 15) is 12.9 Å². The molecule has 9 heavy (non-hydrogen) atoms. The molecular weight excluding hydrogens is 148 g/mol. The van der Waals surface area contributed by atoms with E-state index >= 15 is 0 Å². The quantitative estimate of drug-likeness (QED) is 0.519. The SMILES string of the molecule is F[B-](F)(F)C=C1CSC1. The number of thioether (sulfide) groups is 1. The molecule has 1 heterocycles. The zero-order valence-electron chi connectivity index (χ0n) is 4.61. The van der Waals surface area contributed by atoms with Crippen molar-refractivity contribution in [3.8, 4) is 0 Å². The molecule has 1 rings (SSSR count). The normalized spacial score (nSPS) is 19.2. The zero-order valence-corrected chi connectivity index (χ0v) is 5.43. The average molecular weight is 153 g/mol. The van der Waals surface area contributed by atoms with Crippen LogP contribution in [-0.2, 0) is 0 Å². The van der Waals surface area contributed by atoms with Gasteiger partial charge in [-0.3, -0.25) is 0 Å². The fraction of sp³-hybridized carbons (Fsp3) is 0.500. The highest BCUT2D eigenvalue weighted by molar-refractivity contribution is 8.01. The molecular formula is C4H5BF3S-. The van der Waals surface area contributed by atoms with Gasteiger partial charge in [0.15, 0.2) is 0 Å². The Morgan fingerprint density at radius 3 is 2.00 bits per heavy atom. The minimum atomic E-state index is -4.67. The van der Waals surface area contributed by atoms with Crippen molar-refractivity contribution in [3.05, 3.63) is 11.5 Å². The second kappa shape index (κ2) is 2.29. The molecule has 0 N–H and O–H groups in total. The summed E-state index contributed by atoms with van der Waals surface area (Å²) in [5, 5.41) is 0. The van der Waals surface area contributed by atoms with E-state index in [-0.39, 0.29) is 0 Å². The van der Waals surface area contributed by atoms with Gasteiger partial charge in [0.2, 0.25) is 0 Å². The van der Waals surface area contributed by atoms with Crippen LogP contribution < -0.4 is 0 Å². The minimum absolute atomic E-state index is 0.455. The maximum Gasteiger partial charge on any atom is 0.502 e. The van der Waals surface area contributed by atoms with Gasteiger partial charge in [0.05, 0.1) is 0 Å². The van der Waals surface area contributed by atoms with E-state index in [1.807, 2.05) is 0 Å². The summed E-state index contributed by atoms with van der Waals surface area (Å²) >= 11 is 1.53. The molecule has 0 nitrogen and oxygen atoms in total. The Morgan fingerprint density at radius 1 is 1.33 bits per heavy atom. The van der Waals surface area contributed by atoms with Gasteiger partial charge >= 0.3 is 6.98 Å². The predicted octanol–water partition coefficient (Wildman–Crippen LogP) is 2.05. The van der Waals surface area contributed by atoms with Crippen molar-refractivity contribution >= 4 is 18.7 Å². The van der Waals surface area contributed by atoms with Crippen molar-refractivity contribution in [1.29, 1.82) is 0 Å². The highest BCUT2D eigenvalue weighted by Gasteiger charge is 2.21. The van der Waals surface area contributed by atoms with Crippen molar-refractivity contribution in [2.24, 2.45) is 0 Å². The average Bonchev–Trinajstić information content (AvgIpc) is 1.53. The lowest BCUT2D eigenvalue weighted by Gasteiger charge is -2.19. The van der Waals surface area contributed by atoms with Gasteiger partial charge < -0.3 is 12.9 Å². The summed E-state index contributed by atoms with van der Waals surface area (Å²) in [7, 11) is 0. The van der Waals surface area contributed by atoms with Crippen molar-refractivity contribution < 1.29 is 12.9 Å². The lowest BCUT2D eigenvalue weighted by molar-refractivity contribution is 0.498. The molecule has 52 valence electrons. The zero-order chi connectivity index (χ0) is 6.91. The van der Waals surface area contributed by atoms with Crippen LogP contribution in [0.15, 0.2) is 11.5 Å². The molecule has 0 atom stereocenters. The maximum atomic E-state index is 11.5. The van der Waals surface area contributed by atoms with Gasteiger partial charge in [0.25, 0.3) is 0 Å². The number of halogens is 3. The molecule has 0 unspecified atom stereocenters. The van der Waals surface area contributed by atoms with E-state index in [4.69, 9.17) is 0 Å². The van der Waals surface area contributed by atoms with Crippen LogP contribution in [-0.4, -0.2) is 18.5 Å². The van der Waals surface area contributed by atoms with Crippen LogP contribution >= 0.6 is 11.8 Å². The molecule has 1 saturated heterocycles. The molecule has 0 bridgehead atoms. The van der Waals surface area contributed by atoms with Crippen molar-refractivity contribution in [2.45, 2.75) is 0 Å². The molecule has 0 aromatic carbocycles. The molecule has 1 aliphatic rings. The molecule has 0 aromatic heterocycles. The highest BCUT2D eigenvalue weighted by Crippen LogP contribution is 2.26. The van der Waals surface area contributed by atoms with Gasteiger partial charge in [0, 0.05) is 11.5 Å². The van der Waals surface area contributed by atoms with Crippen LogP contribution in [0.2, 0.25) is 0 Å². The van der Waals surface area contributed by atoms with E-state index in [1.165, 1.54) is 11.8 Å². The first-order chi connectivity index (χ1) is 4.08. The van der Waals surface area contributed by atoms with Crippen LogP contribution in [0.3, 0.4) is 0 Å². The molecule has 0 saturated carbocycles.